The van der Waals surface area contributed by atoms with Crippen molar-refractivity contribution in [3.8, 4) is 0 Å². The van der Waals surface area contributed by atoms with E-state index in [1.807, 2.05) is 20.8 Å². The van der Waals surface area contributed by atoms with Crippen LogP contribution in [0.1, 0.15) is 40.0 Å². The van der Waals surface area contributed by atoms with Gasteiger partial charge < -0.3 is 4.74 Å². The van der Waals surface area contributed by atoms with E-state index in [9.17, 15) is 4.21 Å². The summed E-state index contributed by atoms with van der Waals surface area (Å²) in [5.74, 6) is 4.53. The summed E-state index contributed by atoms with van der Waals surface area (Å²) in [6.45, 7) is 5.99. The minimum Gasteiger partial charge on any atom is -0.360 e. The fourth-order valence-electron chi connectivity index (χ4n) is 1.54. The summed E-state index contributed by atoms with van der Waals surface area (Å²) in [7, 11) is -1.98. The van der Waals surface area contributed by atoms with Crippen molar-refractivity contribution >= 4 is 15.4 Å². The van der Waals surface area contributed by atoms with E-state index in [-0.39, 0.29) is 11.0 Å². The molecule has 0 radical (unpaired) electrons. The normalized spacial score (nSPS) is 36.1. The van der Waals surface area contributed by atoms with Crippen molar-refractivity contribution in [3.63, 3.8) is 0 Å². The van der Waals surface area contributed by atoms with Gasteiger partial charge in [-0.05, 0) is 55.4 Å². The molecule has 1 aliphatic heterocycles. The molecule has 0 saturated carbocycles. The maximum Gasteiger partial charge on any atom is 0.125 e. The average molecular weight is 204 g/mol. The van der Waals surface area contributed by atoms with Gasteiger partial charge in [0.25, 0.3) is 0 Å². The van der Waals surface area contributed by atoms with Gasteiger partial charge in [-0.3, -0.25) is 4.21 Å². The molecular weight excluding hydrogens is 184 g/mol. The maximum absolute atomic E-state index is 12.0. The van der Waals surface area contributed by atoms with Gasteiger partial charge in [-0.25, -0.2) is 0 Å². The molecule has 3 heteroatoms. The van der Waals surface area contributed by atoms with E-state index >= 15 is 0 Å². The van der Waals surface area contributed by atoms with Gasteiger partial charge in [0.2, 0.25) is 0 Å². The molecule has 13 heavy (non-hydrogen) atoms. The minimum atomic E-state index is -1.98. The molecule has 1 fully saturated rings. The molecule has 1 saturated heterocycles. The Morgan fingerprint density at radius 1 is 1.38 bits per heavy atom. The molecule has 0 aromatic rings. The number of ether oxygens (including phenoxy) is 1. The largest absolute Gasteiger partial charge is 0.360 e. The Hall–Kier alpha value is -0.0200. The minimum absolute atomic E-state index is 0.124. The maximum atomic E-state index is 12.0. The summed E-state index contributed by atoms with van der Waals surface area (Å²) in [6.07, 6.45) is 3.05. The summed E-state index contributed by atoms with van der Waals surface area (Å²) < 4.78 is 17.7. The van der Waals surface area contributed by atoms with E-state index in [2.05, 4.69) is 5.87 Å². The second-order valence-electron chi connectivity index (χ2n) is 4.73. The fraction of sp³-hybridized carbons (Fsp3) is 0.900. The van der Waals surface area contributed by atoms with Gasteiger partial charge in [-0.15, -0.1) is 0 Å². The van der Waals surface area contributed by atoms with Gasteiger partial charge >= 0.3 is 0 Å². The third-order valence-electron chi connectivity index (χ3n) is 2.14. The van der Waals surface area contributed by atoms with Crippen LogP contribution in [0.5, 0.6) is 0 Å². The lowest BCUT2D eigenvalue weighted by molar-refractivity contribution is -0.0264. The molecule has 0 aromatic heterocycles. The highest BCUT2D eigenvalue weighted by Gasteiger charge is 2.28. The first-order valence-corrected chi connectivity index (χ1v) is 6.79. The Morgan fingerprint density at radius 3 is 2.46 bits per heavy atom. The van der Waals surface area contributed by atoms with Crippen LogP contribution in [0.4, 0.5) is 0 Å². The van der Waals surface area contributed by atoms with Crippen LogP contribution in [0.15, 0.2) is 0 Å². The summed E-state index contributed by atoms with van der Waals surface area (Å²) in [5, 5.41) is 0. The molecule has 2 nitrogen and oxygen atoms in total. The van der Waals surface area contributed by atoms with Crippen molar-refractivity contribution in [1.82, 2.24) is 0 Å². The van der Waals surface area contributed by atoms with Crippen LogP contribution in [0.25, 0.3) is 0 Å². The van der Waals surface area contributed by atoms with Crippen LogP contribution < -0.4 is 0 Å². The van der Waals surface area contributed by atoms with E-state index in [1.165, 1.54) is 0 Å². The molecule has 1 aliphatic rings. The van der Waals surface area contributed by atoms with E-state index in [4.69, 9.17) is 4.74 Å². The highest BCUT2D eigenvalue weighted by molar-refractivity contribution is 8.00. The van der Waals surface area contributed by atoms with Crippen molar-refractivity contribution < 1.29 is 8.95 Å². The van der Waals surface area contributed by atoms with Crippen LogP contribution in [0.2, 0.25) is 0 Å². The van der Waals surface area contributed by atoms with E-state index in [1.54, 1.807) is 0 Å². The molecule has 1 heterocycles. The lowest BCUT2D eigenvalue weighted by atomic mass is 10.2. The Balaban J connectivity index is 2.68. The number of hydrogen-bond donors (Lipinski definition) is 0. The third-order valence-corrected chi connectivity index (χ3v) is 4.41. The summed E-state index contributed by atoms with van der Waals surface area (Å²) in [4.78, 5) is 0. The van der Waals surface area contributed by atoms with Crippen molar-refractivity contribution in [1.29, 1.82) is 0 Å². The molecule has 1 rings (SSSR count). The van der Waals surface area contributed by atoms with Crippen molar-refractivity contribution in [3.05, 3.63) is 0 Å². The zero-order valence-corrected chi connectivity index (χ0v) is 9.65. The highest BCUT2D eigenvalue weighted by atomic mass is 32.2. The van der Waals surface area contributed by atoms with Crippen LogP contribution in [-0.2, 0) is 14.3 Å². The monoisotopic (exact) mass is 204 g/mol. The second-order valence-corrected chi connectivity index (χ2v) is 7.40. The lowest BCUT2D eigenvalue weighted by Gasteiger charge is -2.32. The van der Waals surface area contributed by atoms with Crippen LogP contribution in [-0.4, -0.2) is 26.9 Å². The van der Waals surface area contributed by atoms with Gasteiger partial charge in [0.1, 0.15) is 5.44 Å². The van der Waals surface area contributed by atoms with E-state index in [0.717, 1.165) is 25.0 Å². The van der Waals surface area contributed by atoms with Crippen molar-refractivity contribution in [2.24, 2.45) is 0 Å². The summed E-state index contributed by atoms with van der Waals surface area (Å²) in [6, 6.07) is 0. The van der Waals surface area contributed by atoms with Gasteiger partial charge in [-0.2, -0.15) is 0 Å². The first-order chi connectivity index (χ1) is 5.81. The topological polar surface area (TPSA) is 26.3 Å². The van der Waals surface area contributed by atoms with Crippen molar-refractivity contribution in [2.45, 2.75) is 51.1 Å². The average Bonchev–Trinajstić information content (AvgIpc) is 1.91. The highest BCUT2D eigenvalue weighted by Crippen LogP contribution is 2.24. The lowest BCUT2D eigenvalue weighted by Crippen LogP contribution is -2.36. The predicted octanol–water partition coefficient (Wildman–Crippen LogP) is 2.03. The number of rotatable bonds is 1. The van der Waals surface area contributed by atoms with Gasteiger partial charge in [0.05, 0.1) is 5.60 Å². The van der Waals surface area contributed by atoms with E-state index in [0.29, 0.717) is 0 Å². The first kappa shape index (κ1) is 11.1. The molecule has 0 amide bonds. The molecule has 0 bridgehead atoms. The van der Waals surface area contributed by atoms with Gasteiger partial charge in [0.15, 0.2) is 0 Å². The SMILES string of the molecule is C=S1(=O)CCCCC1OC(C)(C)C. The molecule has 78 valence electrons. The molecule has 0 N–H and O–H groups in total. The Kier molecular flexibility index (Phi) is 3.08. The molecule has 2 unspecified atom stereocenters. The fourth-order valence-corrected chi connectivity index (χ4v) is 3.56. The smallest absolute Gasteiger partial charge is 0.125 e. The van der Waals surface area contributed by atoms with Crippen LogP contribution >= 0.6 is 0 Å². The zero-order valence-electron chi connectivity index (χ0n) is 8.84. The predicted molar refractivity (Wildman–Crippen MR) is 58.6 cm³/mol. The first-order valence-electron chi connectivity index (χ1n) is 4.83. The van der Waals surface area contributed by atoms with Gasteiger partial charge in [0, 0.05) is 5.75 Å². The van der Waals surface area contributed by atoms with Gasteiger partial charge in [-0.1, -0.05) is 0 Å². The molecular formula is C10H20O2S. The summed E-state index contributed by atoms with van der Waals surface area (Å²) >= 11 is 0. The molecule has 0 spiro atoms. The van der Waals surface area contributed by atoms with Crippen molar-refractivity contribution in [2.75, 3.05) is 5.75 Å². The Morgan fingerprint density at radius 2 is 2.00 bits per heavy atom. The zero-order chi connectivity index (χ0) is 10.1. The molecule has 2 atom stereocenters. The quantitative estimate of drug-likeness (QED) is 0.611. The molecule has 0 aliphatic carbocycles. The molecule has 0 aromatic carbocycles. The third kappa shape index (κ3) is 3.31. The van der Waals surface area contributed by atoms with Crippen LogP contribution in [0.3, 0.4) is 0 Å². The summed E-state index contributed by atoms with van der Waals surface area (Å²) in [5.41, 5.74) is -0.330. The second kappa shape index (κ2) is 3.62. The number of hydrogen-bond acceptors (Lipinski definition) is 2. The van der Waals surface area contributed by atoms with E-state index < -0.39 is 9.52 Å². The van der Waals surface area contributed by atoms with Crippen LogP contribution in [0, 0.1) is 0 Å². The standard InChI is InChI=1S/C10H20O2S/c1-10(2,3)12-9-7-5-6-8-13(9,4)11/h9H,4-8H2,1-3H3. The Bertz CT molecular complexity index is 259. The Labute approximate surface area is 81.7 Å².